The Kier molecular flexibility index (Phi) is 2.57. The van der Waals surface area contributed by atoms with Gasteiger partial charge in [0.15, 0.2) is 11.6 Å². The van der Waals surface area contributed by atoms with E-state index in [-0.39, 0.29) is 0 Å². The highest BCUT2D eigenvalue weighted by atomic mass is 19.2. The van der Waals surface area contributed by atoms with E-state index in [0.29, 0.717) is 17.1 Å². The molecule has 90 valence electrons. The van der Waals surface area contributed by atoms with Crippen LogP contribution >= 0.6 is 0 Å². The maximum atomic E-state index is 13.3. The minimum absolute atomic E-state index is 0.388. The van der Waals surface area contributed by atoms with Crippen molar-refractivity contribution in [2.24, 2.45) is 0 Å². The van der Waals surface area contributed by atoms with Crippen molar-refractivity contribution < 1.29 is 8.78 Å². The van der Waals surface area contributed by atoms with E-state index in [1.54, 1.807) is 6.33 Å². The van der Waals surface area contributed by atoms with Crippen LogP contribution in [0.3, 0.4) is 0 Å². The lowest BCUT2D eigenvalue weighted by molar-refractivity contribution is 0.359. The van der Waals surface area contributed by atoms with Crippen LogP contribution in [-0.2, 0) is 0 Å². The highest BCUT2D eigenvalue weighted by molar-refractivity contribution is 5.75. The van der Waals surface area contributed by atoms with Crippen LogP contribution in [0.1, 0.15) is 38.1 Å². The number of fused-ring (bicyclic) bond motifs is 1. The van der Waals surface area contributed by atoms with Gasteiger partial charge in [0.25, 0.3) is 0 Å². The van der Waals surface area contributed by atoms with Crippen molar-refractivity contribution in [3.8, 4) is 0 Å². The second-order valence-electron chi connectivity index (χ2n) is 4.70. The zero-order chi connectivity index (χ0) is 11.8. The minimum Gasteiger partial charge on any atom is -0.327 e. The summed E-state index contributed by atoms with van der Waals surface area (Å²) in [5.74, 6) is -1.62. The first kappa shape index (κ1) is 10.7. The molecule has 0 radical (unpaired) electrons. The van der Waals surface area contributed by atoms with Crippen LogP contribution in [0.25, 0.3) is 11.0 Å². The molecule has 2 aromatic rings. The molecule has 0 amide bonds. The second-order valence-corrected chi connectivity index (χ2v) is 4.70. The molecule has 1 heterocycles. The zero-order valence-corrected chi connectivity index (χ0v) is 9.50. The molecular weight excluding hydrogens is 222 g/mol. The SMILES string of the molecule is Fc1cc2ncn(C3CCCCC3)c2cc1F. The van der Waals surface area contributed by atoms with Gasteiger partial charge in [-0.25, -0.2) is 13.8 Å². The van der Waals surface area contributed by atoms with Crippen molar-refractivity contribution in [3.63, 3.8) is 0 Å². The van der Waals surface area contributed by atoms with Gasteiger partial charge in [-0.05, 0) is 12.8 Å². The summed E-state index contributed by atoms with van der Waals surface area (Å²) in [5.41, 5.74) is 1.24. The van der Waals surface area contributed by atoms with Crippen molar-refractivity contribution >= 4 is 11.0 Å². The van der Waals surface area contributed by atoms with Gasteiger partial charge in [0.1, 0.15) is 0 Å². The first-order chi connectivity index (χ1) is 8.25. The molecule has 0 saturated heterocycles. The Morgan fingerprint density at radius 3 is 2.53 bits per heavy atom. The highest BCUT2D eigenvalue weighted by Crippen LogP contribution is 2.31. The molecule has 0 bridgehead atoms. The molecule has 0 aliphatic heterocycles. The van der Waals surface area contributed by atoms with Crippen molar-refractivity contribution in [1.29, 1.82) is 0 Å². The van der Waals surface area contributed by atoms with E-state index in [0.717, 1.165) is 12.8 Å². The Hall–Kier alpha value is -1.45. The molecule has 1 aromatic carbocycles. The normalized spacial score (nSPS) is 17.8. The van der Waals surface area contributed by atoms with Crippen LogP contribution in [0.5, 0.6) is 0 Å². The molecule has 1 aromatic heterocycles. The van der Waals surface area contributed by atoms with Crippen LogP contribution in [-0.4, -0.2) is 9.55 Å². The molecule has 1 saturated carbocycles. The molecule has 0 spiro atoms. The van der Waals surface area contributed by atoms with Crippen LogP contribution in [0.4, 0.5) is 8.78 Å². The lowest BCUT2D eigenvalue weighted by Crippen LogP contribution is -2.11. The third-order valence-corrected chi connectivity index (χ3v) is 3.58. The van der Waals surface area contributed by atoms with Crippen molar-refractivity contribution in [1.82, 2.24) is 9.55 Å². The molecule has 3 rings (SSSR count). The summed E-state index contributed by atoms with van der Waals surface area (Å²) in [6.07, 6.45) is 7.59. The summed E-state index contributed by atoms with van der Waals surface area (Å²) in [6.45, 7) is 0. The maximum Gasteiger partial charge on any atom is 0.161 e. The zero-order valence-electron chi connectivity index (χ0n) is 9.50. The Labute approximate surface area is 98.3 Å². The van der Waals surface area contributed by atoms with Crippen molar-refractivity contribution in [3.05, 3.63) is 30.1 Å². The van der Waals surface area contributed by atoms with E-state index < -0.39 is 11.6 Å². The van der Waals surface area contributed by atoms with E-state index in [4.69, 9.17) is 0 Å². The van der Waals surface area contributed by atoms with Crippen LogP contribution in [0, 0.1) is 11.6 Å². The maximum absolute atomic E-state index is 13.3. The summed E-state index contributed by atoms with van der Waals surface area (Å²) in [4.78, 5) is 4.15. The third kappa shape index (κ3) is 1.81. The lowest BCUT2D eigenvalue weighted by Gasteiger charge is -2.23. The standard InChI is InChI=1S/C13H14F2N2/c14-10-6-12-13(7-11(10)15)17(8-16-12)9-4-2-1-3-5-9/h6-9H,1-5H2. The Morgan fingerprint density at radius 2 is 1.76 bits per heavy atom. The molecule has 1 aliphatic rings. The average Bonchev–Trinajstić information content (AvgIpc) is 2.74. The van der Waals surface area contributed by atoms with Crippen molar-refractivity contribution in [2.45, 2.75) is 38.1 Å². The van der Waals surface area contributed by atoms with E-state index in [1.165, 1.54) is 31.4 Å². The van der Waals surface area contributed by atoms with Gasteiger partial charge in [-0.15, -0.1) is 0 Å². The molecule has 4 heteroatoms. The van der Waals surface area contributed by atoms with Crippen LogP contribution in [0.2, 0.25) is 0 Å². The molecule has 0 atom stereocenters. The Morgan fingerprint density at radius 1 is 1.06 bits per heavy atom. The van der Waals surface area contributed by atoms with Gasteiger partial charge < -0.3 is 4.57 Å². The number of halogens is 2. The number of rotatable bonds is 1. The summed E-state index contributed by atoms with van der Waals surface area (Å²) < 4.78 is 28.3. The summed E-state index contributed by atoms with van der Waals surface area (Å²) in [7, 11) is 0. The summed E-state index contributed by atoms with van der Waals surface area (Å²) >= 11 is 0. The van der Waals surface area contributed by atoms with Gasteiger partial charge in [0, 0.05) is 18.2 Å². The largest absolute Gasteiger partial charge is 0.327 e. The van der Waals surface area contributed by atoms with E-state index in [9.17, 15) is 8.78 Å². The van der Waals surface area contributed by atoms with Crippen LogP contribution in [0.15, 0.2) is 18.5 Å². The third-order valence-electron chi connectivity index (χ3n) is 3.58. The van der Waals surface area contributed by atoms with Gasteiger partial charge in [-0.1, -0.05) is 19.3 Å². The van der Waals surface area contributed by atoms with E-state index in [1.807, 2.05) is 4.57 Å². The average molecular weight is 236 g/mol. The molecule has 0 N–H and O–H groups in total. The van der Waals surface area contributed by atoms with E-state index in [2.05, 4.69) is 4.98 Å². The molecule has 17 heavy (non-hydrogen) atoms. The number of hydrogen-bond acceptors (Lipinski definition) is 1. The smallest absolute Gasteiger partial charge is 0.161 e. The molecular formula is C13H14F2N2. The Balaban J connectivity index is 2.07. The number of nitrogens with zero attached hydrogens (tertiary/aromatic N) is 2. The molecule has 0 unspecified atom stereocenters. The van der Waals surface area contributed by atoms with E-state index >= 15 is 0 Å². The van der Waals surface area contributed by atoms with Gasteiger partial charge in [-0.2, -0.15) is 0 Å². The lowest BCUT2D eigenvalue weighted by atomic mass is 9.95. The number of aromatic nitrogens is 2. The quantitative estimate of drug-likeness (QED) is 0.736. The summed E-state index contributed by atoms with van der Waals surface area (Å²) in [6, 6.07) is 2.81. The first-order valence-electron chi connectivity index (χ1n) is 6.07. The molecule has 1 aliphatic carbocycles. The Bertz CT molecular complexity index is 542. The molecule has 1 fully saturated rings. The monoisotopic (exact) mass is 236 g/mol. The van der Waals surface area contributed by atoms with Gasteiger partial charge in [0.2, 0.25) is 0 Å². The fraction of sp³-hybridized carbons (Fsp3) is 0.462. The van der Waals surface area contributed by atoms with Gasteiger partial charge >= 0.3 is 0 Å². The van der Waals surface area contributed by atoms with Gasteiger partial charge in [0.05, 0.1) is 17.4 Å². The fourth-order valence-corrected chi connectivity index (χ4v) is 2.67. The van der Waals surface area contributed by atoms with Crippen LogP contribution < -0.4 is 0 Å². The van der Waals surface area contributed by atoms with Crippen molar-refractivity contribution in [2.75, 3.05) is 0 Å². The first-order valence-corrected chi connectivity index (χ1v) is 6.07. The second kappa shape index (κ2) is 4.09. The predicted octanol–water partition coefficient (Wildman–Crippen LogP) is 3.82. The topological polar surface area (TPSA) is 17.8 Å². The predicted molar refractivity (Wildman–Crippen MR) is 61.8 cm³/mol. The molecule has 2 nitrogen and oxygen atoms in total. The minimum atomic E-state index is -0.827. The number of imidazole rings is 1. The fourth-order valence-electron chi connectivity index (χ4n) is 2.67. The number of benzene rings is 1. The summed E-state index contributed by atoms with van der Waals surface area (Å²) in [5, 5.41) is 0. The number of hydrogen-bond donors (Lipinski definition) is 0. The highest BCUT2D eigenvalue weighted by Gasteiger charge is 2.18. The van der Waals surface area contributed by atoms with Gasteiger partial charge in [-0.3, -0.25) is 0 Å².